The largest absolute Gasteiger partial charge is 0.288 e. The second-order valence-corrected chi connectivity index (χ2v) is 3.85. The number of aromatic nitrogens is 3. The third kappa shape index (κ3) is 2.35. The Morgan fingerprint density at radius 2 is 2.13 bits per heavy atom. The molecule has 0 saturated carbocycles. The van der Waals surface area contributed by atoms with E-state index in [1.54, 1.807) is 6.20 Å². The molecule has 80 valence electrons. The summed E-state index contributed by atoms with van der Waals surface area (Å²) < 4.78 is 2.08. The summed E-state index contributed by atoms with van der Waals surface area (Å²) in [7, 11) is 0. The van der Waals surface area contributed by atoms with Crippen molar-refractivity contribution in [2.24, 2.45) is 0 Å². The fraction of sp³-hybridized carbons (Fsp3) is 0.500. The molecule has 0 spiro atoms. The van der Waals surface area contributed by atoms with E-state index in [1.165, 1.54) is 31.4 Å². The Bertz CT molecular complexity index is 419. The van der Waals surface area contributed by atoms with Crippen molar-refractivity contribution in [3.63, 3.8) is 0 Å². The summed E-state index contributed by atoms with van der Waals surface area (Å²) in [6, 6.07) is 1.95. The van der Waals surface area contributed by atoms with Crippen molar-refractivity contribution in [3.05, 3.63) is 30.4 Å². The van der Waals surface area contributed by atoms with Gasteiger partial charge in [-0.1, -0.05) is 26.2 Å². The van der Waals surface area contributed by atoms with Crippen LogP contribution in [0.5, 0.6) is 0 Å². The molecule has 0 aliphatic carbocycles. The summed E-state index contributed by atoms with van der Waals surface area (Å²) in [5.74, 6) is 0.808. The topological polar surface area (TPSA) is 30.2 Å². The highest BCUT2D eigenvalue weighted by atomic mass is 15.1. The minimum atomic E-state index is 0.808. The van der Waals surface area contributed by atoms with Gasteiger partial charge < -0.3 is 0 Å². The fourth-order valence-corrected chi connectivity index (χ4v) is 1.80. The monoisotopic (exact) mass is 203 g/mol. The van der Waals surface area contributed by atoms with Gasteiger partial charge in [0.25, 0.3) is 0 Å². The highest BCUT2D eigenvalue weighted by molar-refractivity contribution is 5.30. The molecule has 0 aromatic carbocycles. The van der Waals surface area contributed by atoms with Crippen molar-refractivity contribution in [1.29, 1.82) is 0 Å². The molecule has 2 rings (SSSR count). The number of hydrogen-bond acceptors (Lipinski definition) is 2. The van der Waals surface area contributed by atoms with Crippen LogP contribution in [-0.2, 0) is 6.42 Å². The van der Waals surface area contributed by atoms with Crippen molar-refractivity contribution in [2.75, 3.05) is 0 Å². The zero-order chi connectivity index (χ0) is 10.5. The maximum Gasteiger partial charge on any atom is 0.233 e. The zero-order valence-electron chi connectivity index (χ0n) is 9.19. The Morgan fingerprint density at radius 3 is 3.00 bits per heavy atom. The number of fused-ring (bicyclic) bond motifs is 1. The van der Waals surface area contributed by atoms with E-state index in [-0.39, 0.29) is 0 Å². The van der Waals surface area contributed by atoms with E-state index in [9.17, 15) is 0 Å². The Labute approximate surface area is 90.2 Å². The summed E-state index contributed by atoms with van der Waals surface area (Å²) in [6.07, 6.45) is 12.0. The minimum Gasteiger partial charge on any atom is -0.288 e. The molecule has 3 nitrogen and oxygen atoms in total. The van der Waals surface area contributed by atoms with E-state index in [0.29, 0.717) is 0 Å². The van der Waals surface area contributed by atoms with Crippen LogP contribution in [-0.4, -0.2) is 14.4 Å². The molecular weight excluding hydrogens is 186 g/mol. The summed E-state index contributed by atoms with van der Waals surface area (Å²) in [5, 5.41) is 0. The van der Waals surface area contributed by atoms with Gasteiger partial charge in [-0.3, -0.25) is 4.40 Å². The summed E-state index contributed by atoms with van der Waals surface area (Å²) >= 11 is 0. The van der Waals surface area contributed by atoms with Crippen LogP contribution in [0.25, 0.3) is 5.78 Å². The van der Waals surface area contributed by atoms with Crippen molar-refractivity contribution in [3.8, 4) is 0 Å². The van der Waals surface area contributed by atoms with E-state index in [0.717, 1.165) is 12.2 Å². The number of unbranched alkanes of at least 4 members (excludes halogenated alkanes) is 3. The maximum atomic E-state index is 4.27. The van der Waals surface area contributed by atoms with Crippen LogP contribution in [0.3, 0.4) is 0 Å². The lowest BCUT2D eigenvalue weighted by atomic mass is 10.1. The molecule has 2 aromatic rings. The highest BCUT2D eigenvalue weighted by Crippen LogP contribution is 2.09. The van der Waals surface area contributed by atoms with E-state index < -0.39 is 0 Å². The molecule has 0 atom stereocenters. The van der Waals surface area contributed by atoms with E-state index >= 15 is 0 Å². The average molecular weight is 203 g/mol. The van der Waals surface area contributed by atoms with Crippen molar-refractivity contribution in [2.45, 2.75) is 39.0 Å². The van der Waals surface area contributed by atoms with E-state index in [1.807, 2.05) is 18.5 Å². The molecule has 15 heavy (non-hydrogen) atoms. The molecule has 0 bridgehead atoms. The Balaban J connectivity index is 2.02. The first kappa shape index (κ1) is 10.1. The molecule has 0 radical (unpaired) electrons. The van der Waals surface area contributed by atoms with Gasteiger partial charge in [0, 0.05) is 18.1 Å². The zero-order valence-corrected chi connectivity index (χ0v) is 9.19. The van der Waals surface area contributed by atoms with Crippen molar-refractivity contribution in [1.82, 2.24) is 14.4 Å². The molecular formula is C12H17N3. The maximum absolute atomic E-state index is 4.27. The average Bonchev–Trinajstić information content (AvgIpc) is 2.68. The van der Waals surface area contributed by atoms with Crippen molar-refractivity contribution >= 4 is 5.78 Å². The Morgan fingerprint density at radius 1 is 1.20 bits per heavy atom. The van der Waals surface area contributed by atoms with Gasteiger partial charge in [-0.15, -0.1) is 0 Å². The third-order valence-electron chi connectivity index (χ3n) is 2.65. The van der Waals surface area contributed by atoms with Gasteiger partial charge in [0.1, 0.15) is 0 Å². The predicted octanol–water partition coefficient (Wildman–Crippen LogP) is 2.85. The SMILES string of the molecule is CCCCCCc1cnc2ncccn12. The van der Waals surface area contributed by atoms with Gasteiger partial charge in [-0.05, 0) is 18.9 Å². The molecule has 0 amide bonds. The minimum absolute atomic E-state index is 0.808. The molecule has 2 aromatic heterocycles. The van der Waals surface area contributed by atoms with Crippen LogP contribution in [0.4, 0.5) is 0 Å². The molecule has 0 saturated heterocycles. The van der Waals surface area contributed by atoms with E-state index in [4.69, 9.17) is 0 Å². The van der Waals surface area contributed by atoms with Gasteiger partial charge >= 0.3 is 0 Å². The quantitative estimate of drug-likeness (QED) is 0.699. The molecule has 0 aliphatic rings. The number of nitrogens with zero attached hydrogens (tertiary/aromatic N) is 3. The van der Waals surface area contributed by atoms with Gasteiger partial charge in [-0.25, -0.2) is 9.97 Å². The van der Waals surface area contributed by atoms with Gasteiger partial charge in [0.2, 0.25) is 5.78 Å². The normalized spacial score (nSPS) is 11.0. The van der Waals surface area contributed by atoms with Crippen LogP contribution in [0.15, 0.2) is 24.7 Å². The van der Waals surface area contributed by atoms with Crippen LogP contribution in [0.1, 0.15) is 38.3 Å². The lowest BCUT2D eigenvalue weighted by molar-refractivity contribution is 0.658. The standard InChI is InChI=1S/C12H17N3/c1-2-3-4-5-7-11-10-14-12-13-8-6-9-15(11)12/h6,8-10H,2-5,7H2,1H3. The second kappa shape index (κ2) is 4.91. The third-order valence-corrected chi connectivity index (χ3v) is 2.65. The number of rotatable bonds is 5. The summed E-state index contributed by atoms with van der Waals surface area (Å²) in [5.41, 5.74) is 1.27. The molecule has 3 heteroatoms. The van der Waals surface area contributed by atoms with Crippen LogP contribution < -0.4 is 0 Å². The van der Waals surface area contributed by atoms with Gasteiger partial charge in [0.15, 0.2) is 0 Å². The lowest BCUT2D eigenvalue weighted by Crippen LogP contribution is -1.93. The van der Waals surface area contributed by atoms with E-state index in [2.05, 4.69) is 21.3 Å². The van der Waals surface area contributed by atoms with Gasteiger partial charge in [-0.2, -0.15) is 0 Å². The molecule has 0 fully saturated rings. The Kier molecular flexibility index (Phi) is 3.33. The lowest BCUT2D eigenvalue weighted by Gasteiger charge is -2.00. The number of hydrogen-bond donors (Lipinski definition) is 0. The smallest absolute Gasteiger partial charge is 0.233 e. The highest BCUT2D eigenvalue weighted by Gasteiger charge is 2.02. The van der Waals surface area contributed by atoms with Crippen LogP contribution >= 0.6 is 0 Å². The first-order valence-electron chi connectivity index (χ1n) is 5.69. The molecule has 0 N–H and O–H groups in total. The first-order chi connectivity index (χ1) is 7.42. The molecule has 0 unspecified atom stereocenters. The summed E-state index contributed by atoms with van der Waals surface area (Å²) in [6.45, 7) is 2.23. The molecule has 0 aliphatic heterocycles. The Hall–Kier alpha value is -1.38. The van der Waals surface area contributed by atoms with Gasteiger partial charge in [0.05, 0.1) is 6.20 Å². The summed E-state index contributed by atoms with van der Waals surface area (Å²) in [4.78, 5) is 8.47. The fourth-order valence-electron chi connectivity index (χ4n) is 1.80. The van der Waals surface area contributed by atoms with Crippen molar-refractivity contribution < 1.29 is 0 Å². The number of aryl methyl sites for hydroxylation is 1. The first-order valence-corrected chi connectivity index (χ1v) is 5.69. The predicted molar refractivity (Wildman–Crippen MR) is 60.8 cm³/mol. The van der Waals surface area contributed by atoms with Crippen LogP contribution in [0, 0.1) is 0 Å². The number of imidazole rings is 1. The van der Waals surface area contributed by atoms with Crippen LogP contribution in [0.2, 0.25) is 0 Å². The second-order valence-electron chi connectivity index (χ2n) is 3.85. The molecule has 2 heterocycles.